The maximum atomic E-state index is 14.0. The van der Waals surface area contributed by atoms with Crippen molar-refractivity contribution in [3.05, 3.63) is 29.6 Å². The summed E-state index contributed by atoms with van der Waals surface area (Å²) in [6.45, 7) is 0. The van der Waals surface area contributed by atoms with E-state index < -0.39 is 5.82 Å². The molecule has 0 aliphatic heterocycles. The van der Waals surface area contributed by atoms with Crippen molar-refractivity contribution in [1.82, 2.24) is 0 Å². The van der Waals surface area contributed by atoms with Crippen molar-refractivity contribution < 1.29 is 9.13 Å². The summed E-state index contributed by atoms with van der Waals surface area (Å²) in [5.41, 5.74) is 0.212. The molecule has 0 aromatic heterocycles. The quantitative estimate of drug-likeness (QED) is 0.813. The second-order valence-electron chi connectivity index (χ2n) is 6.96. The van der Waals surface area contributed by atoms with Crippen LogP contribution < -0.4 is 4.74 Å². The van der Waals surface area contributed by atoms with Gasteiger partial charge in [0.25, 0.3) is 0 Å². The zero-order chi connectivity index (χ0) is 13.7. The number of nitrogens with zero attached hydrogens (tertiary/aromatic N) is 1. The van der Waals surface area contributed by atoms with Crippen LogP contribution in [0.1, 0.15) is 44.1 Å². The van der Waals surface area contributed by atoms with Crippen molar-refractivity contribution in [3.63, 3.8) is 0 Å². The summed E-state index contributed by atoms with van der Waals surface area (Å²) in [6, 6.07) is 6.49. The molecule has 0 heterocycles. The molecule has 4 bridgehead atoms. The first-order valence-electron chi connectivity index (χ1n) is 7.54. The van der Waals surface area contributed by atoms with E-state index in [-0.39, 0.29) is 5.60 Å². The van der Waals surface area contributed by atoms with Crippen LogP contribution in [0, 0.1) is 34.9 Å². The van der Waals surface area contributed by atoms with Gasteiger partial charge in [0.15, 0.2) is 11.6 Å². The van der Waals surface area contributed by atoms with E-state index in [1.807, 2.05) is 6.07 Å². The minimum Gasteiger partial charge on any atom is -0.484 e. The van der Waals surface area contributed by atoms with Crippen LogP contribution in [-0.2, 0) is 0 Å². The molecule has 104 valence electrons. The SMILES string of the molecule is N#Cc1ccc(OC23CC4CC(CC(C4)C2)C3)c(F)c1. The summed E-state index contributed by atoms with van der Waals surface area (Å²) < 4.78 is 20.2. The van der Waals surface area contributed by atoms with Crippen LogP contribution in [-0.4, -0.2) is 5.60 Å². The Bertz CT molecular complexity index is 554. The van der Waals surface area contributed by atoms with E-state index in [0.29, 0.717) is 11.3 Å². The Labute approximate surface area is 118 Å². The molecule has 0 spiro atoms. The molecule has 5 rings (SSSR count). The van der Waals surface area contributed by atoms with Crippen molar-refractivity contribution in [2.24, 2.45) is 17.8 Å². The lowest BCUT2D eigenvalue weighted by Crippen LogP contribution is -2.53. The molecule has 0 saturated heterocycles. The third-order valence-corrected chi connectivity index (χ3v) is 5.37. The molecular weight excluding hydrogens is 253 g/mol. The number of ether oxygens (including phenoxy) is 1. The second-order valence-corrected chi connectivity index (χ2v) is 6.96. The fourth-order valence-corrected chi connectivity index (χ4v) is 5.04. The zero-order valence-corrected chi connectivity index (χ0v) is 11.4. The van der Waals surface area contributed by atoms with Crippen LogP contribution in [0.15, 0.2) is 18.2 Å². The van der Waals surface area contributed by atoms with Crippen molar-refractivity contribution in [2.45, 2.75) is 44.1 Å². The molecule has 0 radical (unpaired) electrons. The largest absolute Gasteiger partial charge is 0.484 e. The minimum atomic E-state index is -0.403. The molecule has 4 aliphatic rings. The predicted molar refractivity (Wildman–Crippen MR) is 72.6 cm³/mol. The number of hydrogen-bond donors (Lipinski definition) is 0. The van der Waals surface area contributed by atoms with Gasteiger partial charge in [-0.1, -0.05) is 0 Å². The van der Waals surface area contributed by atoms with Gasteiger partial charge in [-0.15, -0.1) is 0 Å². The number of halogens is 1. The summed E-state index contributed by atoms with van der Waals surface area (Å²) in [5, 5.41) is 8.80. The fourth-order valence-electron chi connectivity index (χ4n) is 5.04. The van der Waals surface area contributed by atoms with Crippen LogP contribution in [0.4, 0.5) is 4.39 Å². The van der Waals surface area contributed by atoms with E-state index in [2.05, 4.69) is 0 Å². The normalized spacial score (nSPS) is 37.7. The van der Waals surface area contributed by atoms with Crippen LogP contribution >= 0.6 is 0 Å². The lowest BCUT2D eigenvalue weighted by Gasteiger charge is -2.56. The molecule has 0 atom stereocenters. The Morgan fingerprint density at radius 1 is 1.10 bits per heavy atom. The Balaban J connectivity index is 1.61. The Morgan fingerprint density at radius 2 is 1.70 bits per heavy atom. The maximum absolute atomic E-state index is 14.0. The summed E-state index contributed by atoms with van der Waals surface area (Å²) >= 11 is 0. The second kappa shape index (κ2) is 4.22. The van der Waals surface area contributed by atoms with E-state index in [1.54, 1.807) is 12.1 Å². The smallest absolute Gasteiger partial charge is 0.166 e. The van der Waals surface area contributed by atoms with Gasteiger partial charge in [0, 0.05) is 0 Å². The van der Waals surface area contributed by atoms with Gasteiger partial charge in [-0.3, -0.25) is 0 Å². The van der Waals surface area contributed by atoms with Gasteiger partial charge in [0.2, 0.25) is 0 Å². The summed E-state index contributed by atoms with van der Waals surface area (Å²) in [7, 11) is 0. The highest BCUT2D eigenvalue weighted by Crippen LogP contribution is 2.57. The molecule has 0 unspecified atom stereocenters. The third-order valence-electron chi connectivity index (χ3n) is 5.37. The van der Waals surface area contributed by atoms with Crippen molar-refractivity contribution in [2.75, 3.05) is 0 Å². The summed E-state index contributed by atoms with van der Waals surface area (Å²) in [6.07, 6.45) is 7.28. The standard InChI is InChI=1S/C17H18FNO/c18-15-6-11(10-19)1-2-16(15)20-17-7-12-3-13(8-17)5-14(4-12)9-17/h1-2,6,12-14H,3-5,7-9H2. The molecule has 1 aromatic carbocycles. The molecule has 1 aromatic rings. The van der Waals surface area contributed by atoms with E-state index in [0.717, 1.165) is 37.0 Å². The monoisotopic (exact) mass is 271 g/mol. The molecular formula is C17H18FNO. The molecule has 0 amide bonds. The highest BCUT2D eigenvalue weighted by atomic mass is 19.1. The molecule has 4 fully saturated rings. The molecule has 20 heavy (non-hydrogen) atoms. The molecule has 0 N–H and O–H groups in total. The number of nitriles is 1. The Morgan fingerprint density at radius 3 is 2.20 bits per heavy atom. The highest BCUT2D eigenvalue weighted by Gasteiger charge is 2.52. The van der Waals surface area contributed by atoms with Gasteiger partial charge in [0.1, 0.15) is 5.60 Å². The average Bonchev–Trinajstić information content (AvgIpc) is 2.39. The first-order valence-corrected chi connectivity index (χ1v) is 7.54. The van der Waals surface area contributed by atoms with Crippen LogP contribution in [0.5, 0.6) is 5.75 Å². The van der Waals surface area contributed by atoms with Crippen LogP contribution in [0.25, 0.3) is 0 Å². The van der Waals surface area contributed by atoms with E-state index >= 15 is 0 Å². The van der Waals surface area contributed by atoms with Crippen molar-refractivity contribution in [1.29, 1.82) is 5.26 Å². The van der Waals surface area contributed by atoms with Gasteiger partial charge < -0.3 is 4.74 Å². The summed E-state index contributed by atoms with van der Waals surface area (Å²) in [5.74, 6) is 2.26. The number of rotatable bonds is 2. The van der Waals surface area contributed by atoms with Crippen molar-refractivity contribution >= 4 is 0 Å². The fraction of sp³-hybridized carbons (Fsp3) is 0.588. The average molecular weight is 271 g/mol. The van der Waals surface area contributed by atoms with E-state index in [4.69, 9.17) is 10.00 Å². The van der Waals surface area contributed by atoms with Gasteiger partial charge in [-0.25, -0.2) is 4.39 Å². The molecule has 4 aliphatic carbocycles. The van der Waals surface area contributed by atoms with E-state index in [9.17, 15) is 4.39 Å². The van der Waals surface area contributed by atoms with Crippen LogP contribution in [0.3, 0.4) is 0 Å². The van der Waals surface area contributed by atoms with Gasteiger partial charge in [0.05, 0.1) is 11.6 Å². The zero-order valence-electron chi connectivity index (χ0n) is 11.4. The number of benzene rings is 1. The first kappa shape index (κ1) is 12.2. The topological polar surface area (TPSA) is 33.0 Å². The Hall–Kier alpha value is -1.56. The lowest BCUT2D eigenvalue weighted by molar-refractivity contribution is -0.109. The number of hydrogen-bond acceptors (Lipinski definition) is 2. The maximum Gasteiger partial charge on any atom is 0.166 e. The van der Waals surface area contributed by atoms with Crippen molar-refractivity contribution in [3.8, 4) is 11.8 Å². The molecule has 2 nitrogen and oxygen atoms in total. The Kier molecular flexibility index (Phi) is 2.57. The molecule has 4 saturated carbocycles. The van der Waals surface area contributed by atoms with Gasteiger partial charge >= 0.3 is 0 Å². The van der Waals surface area contributed by atoms with Crippen LogP contribution in [0.2, 0.25) is 0 Å². The van der Waals surface area contributed by atoms with Gasteiger partial charge in [-0.05, 0) is 74.5 Å². The highest BCUT2D eigenvalue weighted by molar-refractivity contribution is 5.36. The van der Waals surface area contributed by atoms with E-state index in [1.165, 1.54) is 25.3 Å². The predicted octanol–water partition coefficient (Wildman–Crippen LogP) is 4.04. The first-order chi connectivity index (χ1) is 9.66. The third kappa shape index (κ3) is 1.90. The molecule has 3 heteroatoms. The lowest BCUT2D eigenvalue weighted by atomic mass is 9.54. The summed E-state index contributed by atoms with van der Waals surface area (Å²) in [4.78, 5) is 0. The van der Waals surface area contributed by atoms with Gasteiger partial charge in [-0.2, -0.15) is 5.26 Å². The minimum absolute atomic E-state index is 0.135.